The molecule has 1 amide bonds. The predicted molar refractivity (Wildman–Crippen MR) is 94.8 cm³/mol. The lowest BCUT2D eigenvalue weighted by Gasteiger charge is -2.31. The highest BCUT2D eigenvalue weighted by molar-refractivity contribution is 5.98. The molecule has 1 fully saturated rings. The number of aryl methyl sites for hydroxylation is 1. The third-order valence-corrected chi connectivity index (χ3v) is 4.79. The molecule has 0 bridgehead atoms. The third-order valence-electron chi connectivity index (χ3n) is 4.79. The van der Waals surface area contributed by atoms with Crippen molar-refractivity contribution in [1.29, 1.82) is 0 Å². The summed E-state index contributed by atoms with van der Waals surface area (Å²) in [7, 11) is 0. The van der Waals surface area contributed by atoms with E-state index in [1.54, 1.807) is 6.07 Å². The van der Waals surface area contributed by atoms with Crippen molar-refractivity contribution < 1.29 is 14.0 Å². The molecule has 0 aromatic heterocycles. The highest BCUT2D eigenvalue weighted by Crippen LogP contribution is 2.22. The fraction of sp³-hybridized carbons (Fsp3) is 0.333. The van der Waals surface area contributed by atoms with E-state index in [1.165, 1.54) is 12.1 Å². The maximum Gasteiger partial charge on any atom is 0.222 e. The number of ketones is 1. The average molecular weight is 339 g/mol. The van der Waals surface area contributed by atoms with E-state index < -0.39 is 0 Å². The van der Waals surface area contributed by atoms with Crippen LogP contribution in [0.1, 0.15) is 35.2 Å². The number of carbonyl (C=O) groups is 2. The molecule has 0 atom stereocenters. The molecule has 1 aliphatic rings. The number of nitrogens with zero attached hydrogens (tertiary/aromatic N) is 1. The Kier molecular flexibility index (Phi) is 5.59. The van der Waals surface area contributed by atoms with Gasteiger partial charge in [0.15, 0.2) is 5.78 Å². The second-order valence-electron chi connectivity index (χ2n) is 6.52. The van der Waals surface area contributed by atoms with Gasteiger partial charge in [-0.1, -0.05) is 42.5 Å². The molecule has 3 rings (SSSR count). The van der Waals surface area contributed by atoms with Crippen molar-refractivity contribution in [3.63, 3.8) is 0 Å². The van der Waals surface area contributed by atoms with Gasteiger partial charge in [-0.3, -0.25) is 9.59 Å². The first-order chi connectivity index (χ1) is 12.1. The normalized spacial score (nSPS) is 15.2. The Morgan fingerprint density at radius 3 is 2.40 bits per heavy atom. The maximum atomic E-state index is 13.2. The molecule has 1 heterocycles. The second-order valence-corrected chi connectivity index (χ2v) is 6.52. The number of Topliss-reactive ketones (excluding diaryl/α,β-unsaturated/α-hetero) is 1. The molecule has 0 unspecified atom stereocenters. The number of hydrogen-bond acceptors (Lipinski definition) is 2. The molecule has 2 aromatic rings. The number of benzene rings is 2. The van der Waals surface area contributed by atoms with Gasteiger partial charge in [0.2, 0.25) is 5.91 Å². The Morgan fingerprint density at radius 1 is 1.00 bits per heavy atom. The first kappa shape index (κ1) is 17.3. The molecule has 0 aliphatic carbocycles. The molecular formula is C21H22FNO2. The molecule has 0 saturated carbocycles. The molecule has 3 nitrogen and oxygen atoms in total. The zero-order chi connectivity index (χ0) is 17.6. The molecule has 0 N–H and O–H groups in total. The number of amides is 1. The lowest BCUT2D eigenvalue weighted by Crippen LogP contribution is -2.40. The predicted octanol–water partition coefficient (Wildman–Crippen LogP) is 3.88. The zero-order valence-electron chi connectivity index (χ0n) is 14.2. The van der Waals surface area contributed by atoms with Crippen LogP contribution in [0.4, 0.5) is 4.39 Å². The summed E-state index contributed by atoms with van der Waals surface area (Å²) in [6.45, 7) is 1.23. The number of piperidine rings is 1. The number of hydrogen-bond donors (Lipinski definition) is 0. The molecule has 25 heavy (non-hydrogen) atoms. The minimum absolute atomic E-state index is 0.00494. The van der Waals surface area contributed by atoms with E-state index in [2.05, 4.69) is 0 Å². The quantitative estimate of drug-likeness (QED) is 0.775. The van der Waals surface area contributed by atoms with E-state index >= 15 is 0 Å². The van der Waals surface area contributed by atoms with Crippen molar-refractivity contribution in [2.24, 2.45) is 5.92 Å². The van der Waals surface area contributed by atoms with Crippen LogP contribution in [0.25, 0.3) is 0 Å². The van der Waals surface area contributed by atoms with Crippen LogP contribution in [0.15, 0.2) is 54.6 Å². The lowest BCUT2D eigenvalue weighted by atomic mass is 9.89. The molecular weight excluding hydrogens is 317 g/mol. The number of rotatable bonds is 5. The largest absolute Gasteiger partial charge is 0.343 e. The SMILES string of the molecule is O=C(c1ccccc1)C1CCN(C(=O)CCc2cccc(F)c2)CC1. The van der Waals surface area contributed by atoms with E-state index in [-0.39, 0.29) is 23.4 Å². The molecule has 1 aliphatic heterocycles. The van der Waals surface area contributed by atoms with Crippen molar-refractivity contribution in [3.05, 3.63) is 71.5 Å². The molecule has 4 heteroatoms. The van der Waals surface area contributed by atoms with Crippen LogP contribution >= 0.6 is 0 Å². The van der Waals surface area contributed by atoms with Crippen LogP contribution in [0, 0.1) is 11.7 Å². The summed E-state index contributed by atoms with van der Waals surface area (Å²) >= 11 is 0. The van der Waals surface area contributed by atoms with Crippen LogP contribution in [0.2, 0.25) is 0 Å². The summed E-state index contributed by atoms with van der Waals surface area (Å²) in [5, 5.41) is 0. The van der Waals surface area contributed by atoms with Gasteiger partial charge in [-0.05, 0) is 37.0 Å². The fourth-order valence-electron chi connectivity index (χ4n) is 3.33. The molecule has 130 valence electrons. The van der Waals surface area contributed by atoms with Gasteiger partial charge in [0.1, 0.15) is 5.82 Å². The Bertz CT molecular complexity index is 737. The summed E-state index contributed by atoms with van der Waals surface area (Å²) in [4.78, 5) is 26.7. The van der Waals surface area contributed by atoms with Gasteiger partial charge in [0.05, 0.1) is 0 Å². The highest BCUT2D eigenvalue weighted by Gasteiger charge is 2.27. The van der Waals surface area contributed by atoms with E-state index in [4.69, 9.17) is 0 Å². The third kappa shape index (κ3) is 4.53. The minimum Gasteiger partial charge on any atom is -0.343 e. The Hall–Kier alpha value is -2.49. The Balaban J connectivity index is 1.48. The van der Waals surface area contributed by atoms with Crippen LogP contribution in [-0.4, -0.2) is 29.7 Å². The van der Waals surface area contributed by atoms with Gasteiger partial charge in [0, 0.05) is 31.0 Å². The minimum atomic E-state index is -0.273. The van der Waals surface area contributed by atoms with E-state index in [1.807, 2.05) is 41.3 Å². The van der Waals surface area contributed by atoms with Gasteiger partial charge in [0.25, 0.3) is 0 Å². The zero-order valence-corrected chi connectivity index (χ0v) is 14.2. The van der Waals surface area contributed by atoms with Crippen LogP contribution in [-0.2, 0) is 11.2 Å². The Morgan fingerprint density at radius 2 is 1.72 bits per heavy atom. The number of carbonyl (C=O) groups excluding carboxylic acids is 2. The summed E-state index contributed by atoms with van der Waals surface area (Å²) in [6, 6.07) is 15.7. The van der Waals surface area contributed by atoms with Gasteiger partial charge in [-0.15, -0.1) is 0 Å². The standard InChI is InChI=1S/C21H22FNO2/c22-19-8-4-5-16(15-19)9-10-20(24)23-13-11-18(12-14-23)21(25)17-6-2-1-3-7-17/h1-8,15,18H,9-14H2. The first-order valence-electron chi connectivity index (χ1n) is 8.75. The van der Waals surface area contributed by atoms with Crippen molar-refractivity contribution >= 4 is 11.7 Å². The average Bonchev–Trinajstić information content (AvgIpc) is 2.66. The Labute approximate surface area is 147 Å². The first-order valence-corrected chi connectivity index (χ1v) is 8.75. The lowest BCUT2D eigenvalue weighted by molar-refractivity contribution is -0.132. The van der Waals surface area contributed by atoms with Gasteiger partial charge >= 0.3 is 0 Å². The van der Waals surface area contributed by atoms with Crippen molar-refractivity contribution in [2.45, 2.75) is 25.7 Å². The fourth-order valence-corrected chi connectivity index (χ4v) is 3.33. The van der Waals surface area contributed by atoms with Gasteiger partial charge in [-0.2, -0.15) is 0 Å². The molecule has 0 radical (unpaired) electrons. The van der Waals surface area contributed by atoms with E-state index in [0.717, 1.165) is 11.1 Å². The second kappa shape index (κ2) is 8.06. The summed E-state index contributed by atoms with van der Waals surface area (Å²) < 4.78 is 13.2. The summed E-state index contributed by atoms with van der Waals surface area (Å²) in [5.74, 6) is -0.0258. The highest BCUT2D eigenvalue weighted by atomic mass is 19.1. The van der Waals surface area contributed by atoms with Crippen LogP contribution < -0.4 is 0 Å². The van der Waals surface area contributed by atoms with Crippen LogP contribution in [0.3, 0.4) is 0 Å². The van der Waals surface area contributed by atoms with Crippen LogP contribution in [0.5, 0.6) is 0 Å². The van der Waals surface area contributed by atoms with E-state index in [0.29, 0.717) is 38.8 Å². The summed E-state index contributed by atoms with van der Waals surface area (Å²) in [5.41, 5.74) is 1.58. The maximum absolute atomic E-state index is 13.2. The monoisotopic (exact) mass is 339 g/mol. The number of likely N-dealkylation sites (tertiary alicyclic amines) is 1. The van der Waals surface area contributed by atoms with Crippen molar-refractivity contribution in [1.82, 2.24) is 4.90 Å². The molecule has 0 spiro atoms. The smallest absolute Gasteiger partial charge is 0.222 e. The van der Waals surface area contributed by atoms with E-state index in [9.17, 15) is 14.0 Å². The van der Waals surface area contributed by atoms with Crippen molar-refractivity contribution in [3.8, 4) is 0 Å². The topological polar surface area (TPSA) is 37.4 Å². The molecule has 1 saturated heterocycles. The van der Waals surface area contributed by atoms with Gasteiger partial charge in [-0.25, -0.2) is 4.39 Å². The summed E-state index contributed by atoms with van der Waals surface area (Å²) in [6.07, 6.45) is 2.33. The van der Waals surface area contributed by atoms with Gasteiger partial charge < -0.3 is 4.90 Å². The number of halogens is 1. The van der Waals surface area contributed by atoms with Crippen molar-refractivity contribution in [2.75, 3.05) is 13.1 Å². The molecule has 2 aromatic carbocycles.